The van der Waals surface area contributed by atoms with E-state index in [-0.39, 0.29) is 23.9 Å². The van der Waals surface area contributed by atoms with E-state index in [1.807, 2.05) is 41.6 Å². The van der Waals surface area contributed by atoms with Gasteiger partial charge in [-0.3, -0.25) is 4.79 Å². The maximum atomic E-state index is 11.7. The normalized spacial score (nSPS) is 18.3. The highest BCUT2D eigenvalue weighted by molar-refractivity contribution is 6.30. The van der Waals surface area contributed by atoms with Crippen LogP contribution in [0.25, 0.3) is 10.9 Å². The van der Waals surface area contributed by atoms with Crippen LogP contribution in [0.4, 0.5) is 11.8 Å². The van der Waals surface area contributed by atoms with Crippen LogP contribution in [0.1, 0.15) is 50.4 Å². The van der Waals surface area contributed by atoms with Crippen LogP contribution in [-0.4, -0.2) is 56.6 Å². The molecule has 2 N–H and O–H groups in total. The van der Waals surface area contributed by atoms with Crippen molar-refractivity contribution in [2.75, 3.05) is 36.4 Å². The van der Waals surface area contributed by atoms with E-state index >= 15 is 0 Å². The Morgan fingerprint density at radius 2 is 1.97 bits per heavy atom. The first kappa shape index (κ1) is 21.8. The van der Waals surface area contributed by atoms with Crippen LogP contribution >= 0.6 is 11.6 Å². The molecule has 0 spiro atoms. The summed E-state index contributed by atoms with van der Waals surface area (Å²) < 4.78 is 1.82. The third kappa shape index (κ3) is 3.97. The number of hydrogen-bond acceptors (Lipinski definition) is 6. The van der Waals surface area contributed by atoms with Crippen molar-refractivity contribution in [1.29, 1.82) is 0 Å². The molecule has 1 saturated heterocycles. The molecule has 1 fully saturated rings. The molecule has 0 saturated carbocycles. The fraction of sp³-hybridized carbons (Fsp3) is 0.458. The summed E-state index contributed by atoms with van der Waals surface area (Å²) in [7, 11) is 0. The van der Waals surface area contributed by atoms with Gasteiger partial charge in [-0.25, -0.2) is 4.98 Å². The lowest BCUT2D eigenvalue weighted by molar-refractivity contribution is -0.129. The van der Waals surface area contributed by atoms with Crippen LogP contribution in [0, 0.1) is 0 Å². The summed E-state index contributed by atoms with van der Waals surface area (Å²) in [4.78, 5) is 25.3. The minimum absolute atomic E-state index is 0.0834. The summed E-state index contributed by atoms with van der Waals surface area (Å²) in [6.45, 7) is 8.22. The summed E-state index contributed by atoms with van der Waals surface area (Å²) in [5.74, 6) is 1.51. The van der Waals surface area contributed by atoms with Crippen molar-refractivity contribution < 1.29 is 9.90 Å². The quantitative estimate of drug-likeness (QED) is 0.598. The van der Waals surface area contributed by atoms with E-state index in [9.17, 15) is 9.90 Å². The number of carbonyl (C=O) groups is 1. The zero-order valence-corrected chi connectivity index (χ0v) is 19.9. The molecule has 2 aromatic heterocycles. The van der Waals surface area contributed by atoms with Gasteiger partial charge in [-0.15, -0.1) is 0 Å². The van der Waals surface area contributed by atoms with E-state index in [4.69, 9.17) is 21.6 Å². The van der Waals surface area contributed by atoms with Crippen molar-refractivity contribution >= 4 is 40.2 Å². The molecule has 1 aliphatic carbocycles. The van der Waals surface area contributed by atoms with Crippen molar-refractivity contribution in [3.63, 3.8) is 0 Å². The summed E-state index contributed by atoms with van der Waals surface area (Å²) in [6.07, 6.45) is 3.83. The molecule has 2 aliphatic rings. The second-order valence-electron chi connectivity index (χ2n) is 9.16. The lowest BCUT2D eigenvalue weighted by atomic mass is 10.1. The number of nitrogens with zero attached hydrogens (tertiary/aromatic N) is 5. The van der Waals surface area contributed by atoms with Gasteiger partial charge in [0.1, 0.15) is 11.3 Å². The zero-order chi connectivity index (χ0) is 23.3. The van der Waals surface area contributed by atoms with E-state index in [0.717, 1.165) is 23.3 Å². The number of anilines is 2. The number of piperazine rings is 1. The van der Waals surface area contributed by atoms with Gasteiger partial charge in [0.05, 0.1) is 11.4 Å². The molecular weight excluding hydrogens is 440 g/mol. The number of amides is 1. The molecule has 174 valence electrons. The van der Waals surface area contributed by atoms with E-state index in [2.05, 4.69) is 16.3 Å². The van der Waals surface area contributed by atoms with Crippen molar-refractivity contribution in [3.8, 4) is 5.88 Å². The zero-order valence-electron chi connectivity index (χ0n) is 19.2. The predicted molar refractivity (Wildman–Crippen MR) is 130 cm³/mol. The highest BCUT2D eigenvalue weighted by Gasteiger charge is 2.27. The van der Waals surface area contributed by atoms with Gasteiger partial charge >= 0.3 is 0 Å². The van der Waals surface area contributed by atoms with Crippen LogP contribution in [0.15, 0.2) is 24.4 Å². The molecule has 33 heavy (non-hydrogen) atoms. The van der Waals surface area contributed by atoms with Gasteiger partial charge in [-0.05, 0) is 49.9 Å². The highest BCUT2D eigenvalue weighted by Crippen LogP contribution is 2.39. The first-order chi connectivity index (χ1) is 15.8. The molecule has 1 aliphatic heterocycles. The van der Waals surface area contributed by atoms with Crippen LogP contribution in [0.2, 0.25) is 5.02 Å². The Labute approximate surface area is 198 Å². The van der Waals surface area contributed by atoms with Crippen molar-refractivity contribution in [2.24, 2.45) is 0 Å². The minimum atomic E-state index is 0.0834. The fourth-order valence-electron chi connectivity index (χ4n) is 4.84. The monoisotopic (exact) mass is 468 g/mol. The number of benzene rings is 1. The molecule has 3 aromatic rings. The molecule has 1 amide bonds. The summed E-state index contributed by atoms with van der Waals surface area (Å²) in [5, 5.41) is 16.1. The van der Waals surface area contributed by atoms with Crippen LogP contribution in [0.3, 0.4) is 0 Å². The van der Waals surface area contributed by atoms with E-state index < -0.39 is 0 Å². The fourth-order valence-corrected chi connectivity index (χ4v) is 5.04. The Kier molecular flexibility index (Phi) is 5.56. The number of hydrogen-bond donors (Lipinski definition) is 2. The second kappa shape index (κ2) is 8.41. The van der Waals surface area contributed by atoms with Crippen molar-refractivity contribution in [1.82, 2.24) is 19.4 Å². The molecule has 1 unspecified atom stereocenters. The number of rotatable bonds is 4. The van der Waals surface area contributed by atoms with Gasteiger partial charge in [-0.2, -0.15) is 4.98 Å². The smallest absolute Gasteiger partial charge is 0.228 e. The van der Waals surface area contributed by atoms with Gasteiger partial charge in [-0.1, -0.05) is 17.7 Å². The van der Waals surface area contributed by atoms with E-state index in [0.29, 0.717) is 43.5 Å². The Morgan fingerprint density at radius 1 is 1.21 bits per heavy atom. The average Bonchev–Trinajstić information content (AvgIpc) is 3.34. The third-order valence-corrected chi connectivity index (χ3v) is 6.95. The SMILES string of the molecule is CC(=O)N1CCN(c2nc(NC3CCc4cc(Cl)ccc43)c3cn(C(C)C)c(O)c3n2)CC1. The molecule has 0 bridgehead atoms. The molecule has 8 nitrogen and oxygen atoms in total. The van der Waals surface area contributed by atoms with Crippen molar-refractivity contribution in [3.05, 3.63) is 40.5 Å². The Morgan fingerprint density at radius 3 is 2.67 bits per heavy atom. The topological polar surface area (TPSA) is 86.5 Å². The summed E-state index contributed by atoms with van der Waals surface area (Å²) >= 11 is 6.19. The van der Waals surface area contributed by atoms with E-state index in [1.54, 1.807) is 6.92 Å². The van der Waals surface area contributed by atoms with Gasteiger partial charge in [0.25, 0.3) is 0 Å². The Bertz CT molecular complexity index is 1220. The first-order valence-electron chi connectivity index (χ1n) is 11.5. The number of aromatic hydroxyl groups is 1. The average molecular weight is 469 g/mol. The molecular formula is C24H29ClN6O2. The van der Waals surface area contributed by atoms with Crippen LogP contribution in [-0.2, 0) is 11.2 Å². The number of aromatic nitrogens is 3. The Balaban J connectivity index is 1.53. The minimum Gasteiger partial charge on any atom is -0.493 e. The standard InChI is InChI=1S/C24H29ClN6O2/c1-14(2)31-13-19-21(23(31)33)27-24(30-10-8-29(9-11-30)15(3)32)28-22(19)26-20-7-4-16-12-17(25)5-6-18(16)20/h5-6,12-14,20,33H,4,7-11H2,1-3H3,(H,26,27,28). The molecule has 1 aromatic carbocycles. The number of halogens is 1. The largest absolute Gasteiger partial charge is 0.493 e. The third-order valence-electron chi connectivity index (χ3n) is 6.72. The molecule has 5 rings (SSSR count). The number of nitrogens with one attached hydrogen (secondary N) is 1. The first-order valence-corrected chi connectivity index (χ1v) is 11.9. The molecule has 1 atom stereocenters. The van der Waals surface area contributed by atoms with Crippen LogP contribution < -0.4 is 10.2 Å². The number of aryl methyl sites for hydroxylation is 1. The van der Waals surface area contributed by atoms with Gasteiger partial charge in [0.15, 0.2) is 0 Å². The lowest BCUT2D eigenvalue weighted by Gasteiger charge is -2.34. The van der Waals surface area contributed by atoms with Crippen molar-refractivity contribution in [2.45, 2.75) is 45.7 Å². The molecule has 3 heterocycles. The summed E-state index contributed by atoms with van der Waals surface area (Å²) in [5.41, 5.74) is 3.03. The maximum absolute atomic E-state index is 11.7. The van der Waals surface area contributed by atoms with Gasteiger partial charge < -0.3 is 24.8 Å². The number of carbonyl (C=O) groups excluding carboxylic acids is 1. The lowest BCUT2D eigenvalue weighted by Crippen LogP contribution is -2.48. The van der Waals surface area contributed by atoms with Gasteiger partial charge in [0, 0.05) is 50.4 Å². The number of fused-ring (bicyclic) bond motifs is 2. The highest BCUT2D eigenvalue weighted by atomic mass is 35.5. The predicted octanol–water partition coefficient (Wildman–Crippen LogP) is 4.14. The second-order valence-corrected chi connectivity index (χ2v) is 9.60. The van der Waals surface area contributed by atoms with E-state index in [1.165, 1.54) is 11.1 Å². The van der Waals surface area contributed by atoms with Gasteiger partial charge in [0.2, 0.25) is 17.7 Å². The van der Waals surface area contributed by atoms with Crippen LogP contribution in [0.5, 0.6) is 5.88 Å². The molecule has 9 heteroatoms. The Hall–Kier alpha value is -3.00. The maximum Gasteiger partial charge on any atom is 0.228 e. The summed E-state index contributed by atoms with van der Waals surface area (Å²) in [6, 6.07) is 6.25. The molecule has 0 radical (unpaired) electrons.